The lowest BCUT2D eigenvalue weighted by Crippen LogP contribution is -3.16. The van der Waals surface area contributed by atoms with Gasteiger partial charge < -0.3 is 9.64 Å². The first kappa shape index (κ1) is 20.9. The molecule has 0 amide bonds. The van der Waals surface area contributed by atoms with Crippen LogP contribution in [0.25, 0.3) is 0 Å². The van der Waals surface area contributed by atoms with E-state index in [0.717, 1.165) is 18.6 Å². The molecule has 0 aliphatic heterocycles. The van der Waals surface area contributed by atoms with Gasteiger partial charge in [-0.3, -0.25) is 0 Å². The Hall–Kier alpha value is -0.0800. The van der Waals surface area contributed by atoms with Crippen LogP contribution in [0.1, 0.15) is 85.5 Å². The molecular formula is C19H42NO+. The number of quaternary nitrogens is 1. The van der Waals surface area contributed by atoms with E-state index in [0.29, 0.717) is 0 Å². The summed E-state index contributed by atoms with van der Waals surface area (Å²) in [4.78, 5) is 1.80. The van der Waals surface area contributed by atoms with Gasteiger partial charge in [0.2, 0.25) is 0 Å². The van der Waals surface area contributed by atoms with Crippen LogP contribution in [0.3, 0.4) is 0 Å². The van der Waals surface area contributed by atoms with Crippen LogP contribution < -0.4 is 4.90 Å². The first-order valence-corrected chi connectivity index (χ1v) is 9.56. The fourth-order valence-electron chi connectivity index (χ4n) is 3.36. The maximum atomic E-state index is 5.37. The Morgan fingerprint density at radius 2 is 1.57 bits per heavy atom. The molecule has 0 aromatic carbocycles. The van der Waals surface area contributed by atoms with Crippen molar-refractivity contribution in [1.29, 1.82) is 0 Å². The molecule has 0 aromatic rings. The SMILES string of the molecule is CCCCCC(CC)[NH+](CCOC)CC(CC)CCCC. The van der Waals surface area contributed by atoms with Gasteiger partial charge in [0.1, 0.15) is 6.54 Å². The molecule has 1 N–H and O–H groups in total. The van der Waals surface area contributed by atoms with Crippen molar-refractivity contribution < 1.29 is 9.64 Å². The van der Waals surface area contributed by atoms with Crippen LogP contribution in [0.15, 0.2) is 0 Å². The molecule has 21 heavy (non-hydrogen) atoms. The minimum absolute atomic E-state index is 0.836. The highest BCUT2D eigenvalue weighted by molar-refractivity contribution is 4.60. The molecule has 0 heterocycles. The van der Waals surface area contributed by atoms with E-state index in [4.69, 9.17) is 4.74 Å². The van der Waals surface area contributed by atoms with Gasteiger partial charge in [0.05, 0.1) is 19.2 Å². The fourth-order valence-corrected chi connectivity index (χ4v) is 3.36. The summed E-state index contributed by atoms with van der Waals surface area (Å²) in [6, 6.07) is 0.836. The van der Waals surface area contributed by atoms with Gasteiger partial charge >= 0.3 is 0 Å². The van der Waals surface area contributed by atoms with Gasteiger partial charge in [-0.1, -0.05) is 53.4 Å². The molecule has 0 aliphatic rings. The number of nitrogens with one attached hydrogen (secondary N) is 1. The molecule has 0 aromatic heterocycles. The lowest BCUT2D eigenvalue weighted by molar-refractivity contribution is -0.929. The number of methoxy groups -OCH3 is 1. The van der Waals surface area contributed by atoms with E-state index in [9.17, 15) is 0 Å². The van der Waals surface area contributed by atoms with Crippen molar-refractivity contribution in [2.24, 2.45) is 5.92 Å². The quantitative estimate of drug-likeness (QED) is 0.450. The van der Waals surface area contributed by atoms with E-state index in [1.165, 1.54) is 70.9 Å². The zero-order valence-corrected chi connectivity index (χ0v) is 15.5. The molecule has 2 heteroatoms. The second-order valence-corrected chi connectivity index (χ2v) is 6.62. The Kier molecular flexibility index (Phi) is 14.8. The molecule has 0 radical (unpaired) electrons. The lowest BCUT2D eigenvalue weighted by atomic mass is 9.96. The standard InChI is InChI=1S/C19H41NO/c1-6-10-12-14-19(9-4)20(15-16-21-5)17-18(8-3)13-11-7-2/h18-19H,6-17H2,1-5H3/p+1. The average Bonchev–Trinajstić information content (AvgIpc) is 2.51. The van der Waals surface area contributed by atoms with Crippen molar-refractivity contribution >= 4 is 0 Å². The Morgan fingerprint density at radius 3 is 2.10 bits per heavy atom. The summed E-state index contributed by atoms with van der Waals surface area (Å²) in [5.74, 6) is 0.900. The van der Waals surface area contributed by atoms with Crippen molar-refractivity contribution in [3.05, 3.63) is 0 Å². The van der Waals surface area contributed by atoms with Gasteiger partial charge in [-0.15, -0.1) is 0 Å². The first-order chi connectivity index (χ1) is 10.2. The highest BCUT2D eigenvalue weighted by atomic mass is 16.5. The topological polar surface area (TPSA) is 13.7 Å². The van der Waals surface area contributed by atoms with Crippen LogP contribution in [-0.2, 0) is 4.74 Å². The van der Waals surface area contributed by atoms with Gasteiger partial charge in [-0.05, 0) is 32.1 Å². The van der Waals surface area contributed by atoms with Crippen LogP contribution >= 0.6 is 0 Å². The van der Waals surface area contributed by atoms with Crippen LogP contribution in [0.4, 0.5) is 0 Å². The summed E-state index contributed by atoms with van der Waals surface area (Å²) in [7, 11) is 1.84. The summed E-state index contributed by atoms with van der Waals surface area (Å²) in [6.07, 6.45) is 12.3. The summed E-state index contributed by atoms with van der Waals surface area (Å²) in [5.41, 5.74) is 0. The van der Waals surface area contributed by atoms with Gasteiger partial charge in [0, 0.05) is 13.0 Å². The predicted octanol–water partition coefficient (Wildman–Crippen LogP) is 4.09. The van der Waals surface area contributed by atoms with Crippen molar-refractivity contribution in [2.75, 3.05) is 26.8 Å². The third-order valence-corrected chi connectivity index (χ3v) is 4.95. The third-order valence-electron chi connectivity index (χ3n) is 4.95. The smallest absolute Gasteiger partial charge is 0.101 e. The predicted molar refractivity (Wildman–Crippen MR) is 94.1 cm³/mol. The summed E-state index contributed by atoms with van der Waals surface area (Å²) in [5, 5.41) is 0. The maximum absolute atomic E-state index is 5.37. The fraction of sp³-hybridized carbons (Fsp3) is 1.00. The van der Waals surface area contributed by atoms with E-state index in [2.05, 4.69) is 27.7 Å². The van der Waals surface area contributed by atoms with Crippen molar-refractivity contribution in [3.63, 3.8) is 0 Å². The molecule has 128 valence electrons. The number of hydrogen-bond acceptors (Lipinski definition) is 1. The second-order valence-electron chi connectivity index (χ2n) is 6.62. The first-order valence-electron chi connectivity index (χ1n) is 9.56. The molecule has 0 saturated carbocycles. The van der Waals surface area contributed by atoms with Crippen LogP contribution in [0, 0.1) is 5.92 Å². The largest absolute Gasteiger partial charge is 0.379 e. The third kappa shape index (κ3) is 10.3. The molecule has 0 aliphatic carbocycles. The molecule has 0 saturated heterocycles. The number of rotatable bonds is 15. The number of unbranched alkanes of at least 4 members (excludes halogenated alkanes) is 3. The molecular weight excluding hydrogens is 258 g/mol. The van der Waals surface area contributed by atoms with Gasteiger partial charge in [-0.2, -0.15) is 0 Å². The van der Waals surface area contributed by atoms with Gasteiger partial charge in [0.25, 0.3) is 0 Å². The van der Waals surface area contributed by atoms with Gasteiger partial charge in [0.15, 0.2) is 0 Å². The Labute approximate surface area is 134 Å². The van der Waals surface area contributed by atoms with E-state index >= 15 is 0 Å². The van der Waals surface area contributed by atoms with Crippen molar-refractivity contribution in [2.45, 2.75) is 91.5 Å². The summed E-state index contributed by atoms with van der Waals surface area (Å²) in [6.45, 7) is 12.8. The average molecular weight is 301 g/mol. The normalized spacial score (nSPS) is 15.9. The molecule has 0 rings (SSSR count). The zero-order valence-electron chi connectivity index (χ0n) is 15.5. The molecule has 0 fully saturated rings. The molecule has 3 atom stereocenters. The Morgan fingerprint density at radius 1 is 0.857 bits per heavy atom. The van der Waals surface area contributed by atoms with E-state index in [1.54, 1.807) is 4.90 Å². The van der Waals surface area contributed by atoms with Crippen molar-refractivity contribution in [1.82, 2.24) is 0 Å². The minimum atomic E-state index is 0.836. The Bertz CT molecular complexity index is 208. The minimum Gasteiger partial charge on any atom is -0.379 e. The summed E-state index contributed by atoms with van der Waals surface area (Å²) < 4.78 is 5.37. The number of ether oxygens (including phenoxy) is 1. The number of hydrogen-bond donors (Lipinski definition) is 1. The van der Waals surface area contributed by atoms with E-state index < -0.39 is 0 Å². The van der Waals surface area contributed by atoms with E-state index in [1.807, 2.05) is 7.11 Å². The highest BCUT2D eigenvalue weighted by Gasteiger charge is 2.23. The van der Waals surface area contributed by atoms with Crippen LogP contribution in [-0.4, -0.2) is 32.8 Å². The molecule has 0 bridgehead atoms. The van der Waals surface area contributed by atoms with Gasteiger partial charge in [-0.25, -0.2) is 0 Å². The summed E-state index contributed by atoms with van der Waals surface area (Å²) >= 11 is 0. The second kappa shape index (κ2) is 14.8. The monoisotopic (exact) mass is 300 g/mol. The maximum Gasteiger partial charge on any atom is 0.101 e. The van der Waals surface area contributed by atoms with E-state index in [-0.39, 0.29) is 0 Å². The lowest BCUT2D eigenvalue weighted by Gasteiger charge is -2.31. The molecule has 2 nitrogen and oxygen atoms in total. The van der Waals surface area contributed by atoms with Crippen molar-refractivity contribution in [3.8, 4) is 0 Å². The Balaban J connectivity index is 4.48. The van der Waals surface area contributed by atoms with Crippen LogP contribution in [0.5, 0.6) is 0 Å². The molecule has 3 unspecified atom stereocenters. The molecule has 0 spiro atoms. The highest BCUT2D eigenvalue weighted by Crippen LogP contribution is 2.11. The van der Waals surface area contributed by atoms with Crippen LogP contribution in [0.2, 0.25) is 0 Å². The zero-order chi connectivity index (χ0) is 15.9.